The Morgan fingerprint density at radius 1 is 1.09 bits per heavy atom. The van der Waals surface area contributed by atoms with Crippen molar-refractivity contribution in [3.05, 3.63) is 59.4 Å². The average molecular weight is 296 g/mol. The largest absolute Gasteiger partial charge is 0.464 e. The van der Waals surface area contributed by atoms with Crippen molar-refractivity contribution < 1.29 is 14.3 Å². The minimum atomic E-state index is -0.548. The molecule has 1 aromatic carbocycles. The van der Waals surface area contributed by atoms with Crippen LogP contribution >= 0.6 is 0 Å². The van der Waals surface area contributed by atoms with Crippen molar-refractivity contribution >= 4 is 17.6 Å². The molecule has 1 aromatic heterocycles. The fourth-order valence-electron chi connectivity index (χ4n) is 2.65. The number of fused-ring (bicyclic) bond motifs is 1. The summed E-state index contributed by atoms with van der Waals surface area (Å²) in [5, 5.41) is 0. The van der Waals surface area contributed by atoms with Gasteiger partial charge in [0.2, 0.25) is 0 Å². The highest BCUT2D eigenvalue weighted by Crippen LogP contribution is 2.27. The summed E-state index contributed by atoms with van der Waals surface area (Å²) in [6.07, 6.45) is 1.88. The van der Waals surface area contributed by atoms with Crippen LogP contribution in [0.3, 0.4) is 0 Å². The van der Waals surface area contributed by atoms with Crippen LogP contribution in [-0.4, -0.2) is 30.5 Å². The van der Waals surface area contributed by atoms with Crippen LogP contribution in [0.4, 0.5) is 5.69 Å². The van der Waals surface area contributed by atoms with Crippen LogP contribution in [0.5, 0.6) is 0 Å². The van der Waals surface area contributed by atoms with E-state index in [0.717, 1.165) is 24.1 Å². The van der Waals surface area contributed by atoms with E-state index in [-0.39, 0.29) is 17.3 Å². The van der Waals surface area contributed by atoms with Crippen molar-refractivity contribution in [3.8, 4) is 0 Å². The normalized spacial score (nSPS) is 13.4. The Morgan fingerprint density at radius 2 is 1.86 bits per heavy atom. The third kappa shape index (κ3) is 2.57. The summed E-state index contributed by atoms with van der Waals surface area (Å²) >= 11 is 0. The number of ether oxygens (including phenoxy) is 1. The predicted octanol–water partition coefficient (Wildman–Crippen LogP) is 2.46. The highest BCUT2D eigenvalue weighted by molar-refractivity contribution is 6.06. The molecule has 5 heteroatoms. The van der Waals surface area contributed by atoms with E-state index >= 15 is 0 Å². The number of para-hydroxylation sites is 1. The lowest BCUT2D eigenvalue weighted by Gasteiger charge is -2.29. The number of rotatable bonds is 2. The second kappa shape index (κ2) is 5.97. The molecular formula is C17H16N2O3. The Balaban J connectivity index is 1.94. The number of aryl methyl sites for hydroxylation is 1. The Labute approximate surface area is 128 Å². The molecule has 22 heavy (non-hydrogen) atoms. The van der Waals surface area contributed by atoms with Gasteiger partial charge in [-0.05, 0) is 36.6 Å². The molecule has 2 aromatic rings. The van der Waals surface area contributed by atoms with Gasteiger partial charge >= 0.3 is 5.97 Å². The maximum absolute atomic E-state index is 12.7. The molecule has 0 aliphatic carbocycles. The van der Waals surface area contributed by atoms with Gasteiger partial charge < -0.3 is 9.64 Å². The quantitative estimate of drug-likeness (QED) is 0.799. The van der Waals surface area contributed by atoms with Crippen molar-refractivity contribution in [2.75, 3.05) is 18.6 Å². The monoisotopic (exact) mass is 296 g/mol. The fourth-order valence-corrected chi connectivity index (χ4v) is 2.65. The zero-order chi connectivity index (χ0) is 15.5. The minimum Gasteiger partial charge on any atom is -0.464 e. The first-order valence-corrected chi connectivity index (χ1v) is 7.16. The van der Waals surface area contributed by atoms with Crippen LogP contribution < -0.4 is 4.90 Å². The molecule has 2 heterocycles. The van der Waals surface area contributed by atoms with Crippen molar-refractivity contribution in [1.29, 1.82) is 0 Å². The van der Waals surface area contributed by atoms with E-state index in [9.17, 15) is 9.59 Å². The van der Waals surface area contributed by atoms with Gasteiger partial charge in [-0.3, -0.25) is 4.79 Å². The lowest BCUT2D eigenvalue weighted by molar-refractivity contribution is 0.0594. The number of benzene rings is 1. The van der Waals surface area contributed by atoms with Gasteiger partial charge in [-0.25, -0.2) is 9.78 Å². The van der Waals surface area contributed by atoms with Gasteiger partial charge in [0.1, 0.15) is 11.4 Å². The van der Waals surface area contributed by atoms with Crippen LogP contribution in [0, 0.1) is 0 Å². The van der Waals surface area contributed by atoms with E-state index in [1.165, 1.54) is 13.2 Å². The van der Waals surface area contributed by atoms with Crippen molar-refractivity contribution in [2.45, 2.75) is 12.8 Å². The predicted molar refractivity (Wildman–Crippen MR) is 82.0 cm³/mol. The maximum Gasteiger partial charge on any atom is 0.356 e. The first-order valence-electron chi connectivity index (χ1n) is 7.16. The number of methoxy groups -OCH3 is 1. The molecule has 0 spiro atoms. The fraction of sp³-hybridized carbons (Fsp3) is 0.235. The molecule has 0 saturated heterocycles. The molecule has 3 rings (SSSR count). The number of pyridine rings is 1. The number of esters is 1. The zero-order valence-electron chi connectivity index (χ0n) is 12.3. The first kappa shape index (κ1) is 14.3. The minimum absolute atomic E-state index is 0.138. The second-order valence-corrected chi connectivity index (χ2v) is 5.09. The van der Waals surface area contributed by atoms with Crippen LogP contribution in [0.25, 0.3) is 0 Å². The zero-order valence-corrected chi connectivity index (χ0v) is 12.3. The topological polar surface area (TPSA) is 59.5 Å². The number of aromatic nitrogens is 1. The number of anilines is 1. The van der Waals surface area contributed by atoms with Crippen molar-refractivity contribution in [1.82, 2.24) is 4.98 Å². The third-order valence-electron chi connectivity index (χ3n) is 3.72. The third-order valence-corrected chi connectivity index (χ3v) is 3.72. The van der Waals surface area contributed by atoms with Crippen LogP contribution in [0.2, 0.25) is 0 Å². The summed E-state index contributed by atoms with van der Waals surface area (Å²) in [5.74, 6) is -0.744. The van der Waals surface area contributed by atoms with Gasteiger partial charge in [0.15, 0.2) is 0 Å². The van der Waals surface area contributed by atoms with E-state index in [0.29, 0.717) is 6.54 Å². The lowest BCUT2D eigenvalue weighted by Crippen LogP contribution is -2.36. The smallest absolute Gasteiger partial charge is 0.356 e. The Bertz CT molecular complexity index is 727. The van der Waals surface area contributed by atoms with Crippen molar-refractivity contribution in [3.63, 3.8) is 0 Å². The number of nitrogens with zero attached hydrogens (tertiary/aromatic N) is 2. The summed E-state index contributed by atoms with van der Waals surface area (Å²) in [6, 6.07) is 12.7. The van der Waals surface area contributed by atoms with Gasteiger partial charge in [0.05, 0.1) is 7.11 Å². The van der Waals surface area contributed by atoms with Crippen LogP contribution in [-0.2, 0) is 11.2 Å². The highest BCUT2D eigenvalue weighted by Gasteiger charge is 2.24. The maximum atomic E-state index is 12.7. The molecular weight excluding hydrogens is 280 g/mol. The standard InChI is InChI=1S/C17H16N2O3/c1-22-17(21)14-9-4-8-13(18-14)16(20)19-11-5-7-12-6-2-3-10-15(12)19/h2-4,6,8-10H,5,7,11H2,1H3. The number of amides is 1. The molecule has 1 aliphatic heterocycles. The van der Waals surface area contributed by atoms with E-state index in [4.69, 9.17) is 0 Å². The van der Waals surface area contributed by atoms with E-state index < -0.39 is 5.97 Å². The lowest BCUT2D eigenvalue weighted by atomic mass is 10.0. The van der Waals surface area contributed by atoms with Gasteiger partial charge in [0.25, 0.3) is 5.91 Å². The summed E-state index contributed by atoms with van der Waals surface area (Å²) in [5.41, 5.74) is 2.47. The Morgan fingerprint density at radius 3 is 2.68 bits per heavy atom. The molecule has 0 saturated carbocycles. The molecule has 5 nitrogen and oxygen atoms in total. The molecule has 112 valence electrons. The summed E-state index contributed by atoms with van der Waals surface area (Å²) in [4.78, 5) is 30.1. The molecule has 1 aliphatic rings. The summed E-state index contributed by atoms with van der Waals surface area (Å²) in [6.45, 7) is 0.653. The van der Waals surface area contributed by atoms with E-state index in [1.54, 1.807) is 17.0 Å². The molecule has 0 atom stereocenters. The SMILES string of the molecule is COC(=O)c1cccc(C(=O)N2CCCc3ccccc32)n1. The van der Waals surface area contributed by atoms with Crippen LogP contribution in [0.1, 0.15) is 33.0 Å². The number of carbonyl (C=O) groups excluding carboxylic acids is 2. The van der Waals surface area contributed by atoms with E-state index in [2.05, 4.69) is 9.72 Å². The summed E-state index contributed by atoms with van der Waals surface area (Å²) < 4.78 is 4.65. The second-order valence-electron chi connectivity index (χ2n) is 5.09. The van der Waals surface area contributed by atoms with Gasteiger partial charge in [-0.1, -0.05) is 24.3 Å². The van der Waals surface area contributed by atoms with Gasteiger partial charge in [-0.15, -0.1) is 0 Å². The Kier molecular flexibility index (Phi) is 3.87. The molecule has 0 unspecified atom stereocenters. The first-order chi connectivity index (χ1) is 10.7. The average Bonchev–Trinajstić information content (AvgIpc) is 2.60. The Hall–Kier alpha value is -2.69. The number of hydrogen-bond donors (Lipinski definition) is 0. The number of hydrogen-bond acceptors (Lipinski definition) is 4. The molecule has 1 amide bonds. The van der Waals surface area contributed by atoms with Crippen molar-refractivity contribution in [2.24, 2.45) is 0 Å². The van der Waals surface area contributed by atoms with E-state index in [1.807, 2.05) is 24.3 Å². The molecule has 0 N–H and O–H groups in total. The molecule has 0 bridgehead atoms. The van der Waals surface area contributed by atoms with Gasteiger partial charge in [0, 0.05) is 12.2 Å². The molecule has 0 radical (unpaired) electrons. The van der Waals surface area contributed by atoms with Crippen LogP contribution in [0.15, 0.2) is 42.5 Å². The summed E-state index contributed by atoms with van der Waals surface area (Å²) in [7, 11) is 1.29. The molecule has 0 fully saturated rings. The number of carbonyl (C=O) groups is 2. The van der Waals surface area contributed by atoms with Gasteiger partial charge in [-0.2, -0.15) is 0 Å². The highest BCUT2D eigenvalue weighted by atomic mass is 16.5.